The third-order valence-electron chi connectivity index (χ3n) is 4.89. The molecule has 6 nitrogen and oxygen atoms in total. The lowest BCUT2D eigenvalue weighted by Crippen LogP contribution is -2.47. The number of nitrogens with one attached hydrogen (secondary N) is 1. The topological polar surface area (TPSA) is 75.2 Å². The third kappa shape index (κ3) is 3.73. The number of carbonyl (C=O) groups excluding carboxylic acids is 2. The Labute approximate surface area is 156 Å². The van der Waals surface area contributed by atoms with Crippen molar-refractivity contribution in [1.29, 1.82) is 0 Å². The van der Waals surface area contributed by atoms with E-state index in [1.54, 1.807) is 12.4 Å². The lowest BCUT2D eigenvalue weighted by molar-refractivity contribution is -0.147. The normalized spacial score (nSPS) is 20.1. The summed E-state index contributed by atoms with van der Waals surface area (Å²) in [4.78, 5) is 36.0. The molecule has 1 saturated heterocycles. The monoisotopic (exact) mass is 370 g/mol. The average Bonchev–Trinajstić information content (AvgIpc) is 3.52. The van der Waals surface area contributed by atoms with Gasteiger partial charge in [0.05, 0.1) is 17.2 Å². The molecule has 0 bridgehead atoms. The van der Waals surface area contributed by atoms with Crippen LogP contribution in [-0.2, 0) is 9.59 Å². The zero-order chi connectivity index (χ0) is 17.9. The van der Waals surface area contributed by atoms with Crippen molar-refractivity contribution in [3.05, 3.63) is 30.6 Å². The van der Waals surface area contributed by atoms with Gasteiger partial charge < -0.3 is 5.32 Å². The van der Waals surface area contributed by atoms with Gasteiger partial charge in [0.2, 0.25) is 11.8 Å². The van der Waals surface area contributed by atoms with E-state index in [1.807, 2.05) is 18.2 Å². The van der Waals surface area contributed by atoms with Gasteiger partial charge in [0.1, 0.15) is 5.03 Å². The Morgan fingerprint density at radius 3 is 2.85 bits per heavy atom. The van der Waals surface area contributed by atoms with Crippen LogP contribution in [0.2, 0.25) is 0 Å². The van der Waals surface area contributed by atoms with Gasteiger partial charge in [-0.1, -0.05) is 11.8 Å². The number of nitrogens with zero attached hydrogens (tertiary/aromatic N) is 3. The van der Waals surface area contributed by atoms with Crippen LogP contribution in [0, 0.1) is 5.92 Å². The fraction of sp³-hybridized carbons (Fsp3) is 0.474. The highest BCUT2D eigenvalue weighted by atomic mass is 32.2. The predicted molar refractivity (Wildman–Crippen MR) is 101 cm³/mol. The molecule has 2 aromatic heterocycles. The molecular formula is C19H22N4O2S. The molecule has 1 unspecified atom stereocenters. The maximum atomic E-state index is 12.9. The second kappa shape index (κ2) is 7.72. The van der Waals surface area contributed by atoms with Crippen molar-refractivity contribution in [3.63, 3.8) is 0 Å². The molecule has 3 heterocycles. The summed E-state index contributed by atoms with van der Waals surface area (Å²) in [5, 5.41) is 4.99. The number of hydrogen-bond donors (Lipinski definition) is 1. The van der Waals surface area contributed by atoms with E-state index in [1.165, 1.54) is 16.7 Å². The van der Waals surface area contributed by atoms with Crippen molar-refractivity contribution >= 4 is 34.5 Å². The minimum absolute atomic E-state index is 0.00199. The van der Waals surface area contributed by atoms with Crippen molar-refractivity contribution in [2.75, 3.05) is 18.8 Å². The first-order valence-corrected chi connectivity index (χ1v) is 10.1. The van der Waals surface area contributed by atoms with Gasteiger partial charge in [-0.15, -0.1) is 0 Å². The summed E-state index contributed by atoms with van der Waals surface area (Å²) in [6.45, 7) is 1.64. The summed E-state index contributed by atoms with van der Waals surface area (Å²) in [6.07, 6.45) is 7.17. The molecule has 4 rings (SSSR count). The fourth-order valence-corrected chi connectivity index (χ4v) is 4.25. The highest BCUT2D eigenvalue weighted by molar-refractivity contribution is 8.00. The summed E-state index contributed by atoms with van der Waals surface area (Å²) in [5.41, 5.74) is 0.862. The van der Waals surface area contributed by atoms with Crippen molar-refractivity contribution in [1.82, 2.24) is 20.2 Å². The second-order valence-electron chi connectivity index (χ2n) is 6.85. The number of piperidine rings is 1. The van der Waals surface area contributed by atoms with Crippen LogP contribution in [0.3, 0.4) is 0 Å². The van der Waals surface area contributed by atoms with Gasteiger partial charge in [0.15, 0.2) is 0 Å². The Balaban J connectivity index is 1.46. The summed E-state index contributed by atoms with van der Waals surface area (Å²) in [6, 6.07) is 5.78. The number of hydrogen-bond acceptors (Lipinski definition) is 6. The van der Waals surface area contributed by atoms with E-state index in [0.717, 1.165) is 48.2 Å². The molecule has 1 aliphatic carbocycles. The number of amides is 2. The third-order valence-corrected chi connectivity index (χ3v) is 5.88. The zero-order valence-corrected chi connectivity index (χ0v) is 15.4. The van der Waals surface area contributed by atoms with Gasteiger partial charge in [-0.3, -0.25) is 19.5 Å². The SMILES string of the molecule is O=C(CSc1nccc2ncccc12)N(C(=O)C1CCCNC1)C1CC1. The van der Waals surface area contributed by atoms with E-state index < -0.39 is 0 Å². The Bertz CT molecular complexity index is 813. The smallest absolute Gasteiger partial charge is 0.239 e. The van der Waals surface area contributed by atoms with E-state index in [-0.39, 0.29) is 29.5 Å². The van der Waals surface area contributed by atoms with E-state index >= 15 is 0 Å². The molecule has 2 amide bonds. The van der Waals surface area contributed by atoms with E-state index in [0.29, 0.717) is 6.54 Å². The molecule has 26 heavy (non-hydrogen) atoms. The summed E-state index contributed by atoms with van der Waals surface area (Å²) >= 11 is 1.39. The molecule has 1 saturated carbocycles. The Kier molecular flexibility index (Phi) is 5.17. The summed E-state index contributed by atoms with van der Waals surface area (Å²) in [5.74, 6) is 0.0513. The lowest BCUT2D eigenvalue weighted by Gasteiger charge is -2.28. The van der Waals surface area contributed by atoms with E-state index in [9.17, 15) is 9.59 Å². The van der Waals surface area contributed by atoms with E-state index in [4.69, 9.17) is 0 Å². The fourth-order valence-electron chi connectivity index (χ4n) is 3.39. The van der Waals surface area contributed by atoms with Gasteiger partial charge in [-0.2, -0.15) is 0 Å². The van der Waals surface area contributed by atoms with Gasteiger partial charge in [-0.05, 0) is 50.4 Å². The van der Waals surface area contributed by atoms with Crippen LogP contribution in [0.15, 0.2) is 35.6 Å². The number of aromatic nitrogens is 2. The molecule has 2 aliphatic rings. The first-order valence-electron chi connectivity index (χ1n) is 9.13. The number of rotatable bonds is 5. The van der Waals surface area contributed by atoms with Crippen LogP contribution >= 0.6 is 11.8 Å². The molecular weight excluding hydrogens is 348 g/mol. The van der Waals surface area contributed by atoms with Crippen LogP contribution in [0.25, 0.3) is 10.9 Å². The minimum Gasteiger partial charge on any atom is -0.316 e. The molecule has 0 spiro atoms. The molecule has 0 aromatic carbocycles. The Hall–Kier alpha value is -1.99. The maximum absolute atomic E-state index is 12.9. The molecule has 0 radical (unpaired) electrons. The van der Waals surface area contributed by atoms with Crippen molar-refractivity contribution in [3.8, 4) is 0 Å². The summed E-state index contributed by atoms with van der Waals surface area (Å²) < 4.78 is 0. The maximum Gasteiger partial charge on any atom is 0.239 e. The second-order valence-corrected chi connectivity index (χ2v) is 7.82. The zero-order valence-electron chi connectivity index (χ0n) is 14.6. The molecule has 2 fully saturated rings. The van der Waals surface area contributed by atoms with Crippen molar-refractivity contribution in [2.24, 2.45) is 5.92 Å². The molecule has 136 valence electrons. The molecule has 2 aromatic rings. The highest BCUT2D eigenvalue weighted by Crippen LogP contribution is 2.31. The van der Waals surface area contributed by atoms with Crippen molar-refractivity contribution in [2.45, 2.75) is 36.8 Å². The van der Waals surface area contributed by atoms with Gasteiger partial charge >= 0.3 is 0 Å². The van der Waals surface area contributed by atoms with Crippen LogP contribution in [0.5, 0.6) is 0 Å². The van der Waals surface area contributed by atoms with Crippen molar-refractivity contribution < 1.29 is 9.59 Å². The van der Waals surface area contributed by atoms with Gasteiger partial charge in [0.25, 0.3) is 0 Å². The molecule has 1 N–H and O–H groups in total. The minimum atomic E-state index is -0.101. The molecule has 1 atom stereocenters. The van der Waals surface area contributed by atoms with Crippen LogP contribution in [0.1, 0.15) is 25.7 Å². The van der Waals surface area contributed by atoms with Crippen LogP contribution in [-0.4, -0.2) is 51.6 Å². The number of pyridine rings is 2. The Morgan fingerprint density at radius 2 is 2.08 bits per heavy atom. The number of imide groups is 1. The number of carbonyl (C=O) groups is 2. The van der Waals surface area contributed by atoms with Gasteiger partial charge in [0, 0.05) is 30.4 Å². The van der Waals surface area contributed by atoms with Gasteiger partial charge in [-0.25, -0.2) is 4.98 Å². The standard InChI is InChI=1S/C19H22N4O2S/c24-17(12-26-18-15-4-2-9-21-16(15)7-10-22-18)23(14-5-6-14)19(25)13-3-1-8-20-11-13/h2,4,7,9-10,13-14,20H,1,3,5-6,8,11-12H2. The predicted octanol–water partition coefficient (Wildman–Crippen LogP) is 2.24. The average molecular weight is 370 g/mol. The molecule has 1 aliphatic heterocycles. The first kappa shape index (κ1) is 17.4. The Morgan fingerprint density at radius 1 is 1.19 bits per heavy atom. The van der Waals surface area contributed by atoms with E-state index in [2.05, 4.69) is 15.3 Å². The first-order chi connectivity index (χ1) is 12.7. The largest absolute Gasteiger partial charge is 0.316 e. The van der Waals surface area contributed by atoms with Crippen LogP contribution < -0.4 is 5.32 Å². The molecule has 7 heteroatoms. The quantitative estimate of drug-likeness (QED) is 0.814. The number of thioether (sulfide) groups is 1. The lowest BCUT2D eigenvalue weighted by atomic mass is 9.98. The van der Waals surface area contributed by atoms with Crippen LogP contribution in [0.4, 0.5) is 0 Å². The number of fused-ring (bicyclic) bond motifs is 1. The summed E-state index contributed by atoms with van der Waals surface area (Å²) in [7, 11) is 0. The highest BCUT2D eigenvalue weighted by Gasteiger charge is 2.39.